The molecule has 0 spiro atoms. The molecule has 0 aliphatic carbocycles. The fraction of sp³-hybridized carbons (Fsp3) is 0.409. The average Bonchev–Trinajstić information content (AvgIpc) is 3.23. The number of rotatable bonds is 3. The SMILES string of the molecule is Cc1ccc2c(c1)c1c(n2-c2cc(CCN)ccn2)CCN2CCCC12. The summed E-state index contributed by atoms with van der Waals surface area (Å²) in [6.07, 6.45) is 6.51. The van der Waals surface area contributed by atoms with Gasteiger partial charge in [0.1, 0.15) is 5.82 Å². The van der Waals surface area contributed by atoms with E-state index in [0.717, 1.165) is 25.2 Å². The predicted octanol–water partition coefficient (Wildman–Crippen LogP) is 3.53. The second-order valence-electron chi connectivity index (χ2n) is 7.72. The first-order chi connectivity index (χ1) is 12.8. The summed E-state index contributed by atoms with van der Waals surface area (Å²) in [5.74, 6) is 1.04. The molecule has 2 N–H and O–H groups in total. The maximum atomic E-state index is 5.77. The van der Waals surface area contributed by atoms with Crippen LogP contribution in [0.3, 0.4) is 0 Å². The summed E-state index contributed by atoms with van der Waals surface area (Å²) in [6, 6.07) is 11.7. The minimum atomic E-state index is 0.580. The minimum Gasteiger partial charge on any atom is -0.330 e. The van der Waals surface area contributed by atoms with E-state index < -0.39 is 0 Å². The van der Waals surface area contributed by atoms with Gasteiger partial charge in [-0.1, -0.05) is 11.6 Å². The van der Waals surface area contributed by atoms with Crippen LogP contribution >= 0.6 is 0 Å². The lowest BCUT2D eigenvalue weighted by Crippen LogP contribution is -2.31. The first-order valence-electron chi connectivity index (χ1n) is 9.79. The Labute approximate surface area is 154 Å². The van der Waals surface area contributed by atoms with Crippen LogP contribution in [-0.4, -0.2) is 34.1 Å². The van der Waals surface area contributed by atoms with Gasteiger partial charge in [-0.25, -0.2) is 4.98 Å². The van der Waals surface area contributed by atoms with Gasteiger partial charge in [-0.3, -0.25) is 9.47 Å². The van der Waals surface area contributed by atoms with E-state index in [1.54, 1.807) is 5.56 Å². The second-order valence-corrected chi connectivity index (χ2v) is 7.72. The van der Waals surface area contributed by atoms with E-state index in [9.17, 15) is 0 Å². The molecule has 0 saturated carbocycles. The van der Waals surface area contributed by atoms with Crippen LogP contribution in [0.4, 0.5) is 0 Å². The number of hydrogen-bond acceptors (Lipinski definition) is 3. The molecule has 2 aliphatic rings. The average molecular weight is 346 g/mol. The van der Waals surface area contributed by atoms with Gasteiger partial charge >= 0.3 is 0 Å². The molecule has 0 amide bonds. The van der Waals surface area contributed by atoms with Crippen LogP contribution < -0.4 is 5.73 Å². The molecule has 2 aromatic heterocycles. The number of aromatic nitrogens is 2. The zero-order valence-electron chi connectivity index (χ0n) is 15.4. The van der Waals surface area contributed by atoms with Crippen molar-refractivity contribution >= 4 is 10.9 Å². The molecule has 1 saturated heterocycles. The normalized spacial score (nSPS) is 19.7. The predicted molar refractivity (Wildman–Crippen MR) is 106 cm³/mol. The summed E-state index contributed by atoms with van der Waals surface area (Å²) < 4.78 is 2.42. The van der Waals surface area contributed by atoms with Crippen molar-refractivity contribution < 1.29 is 0 Å². The van der Waals surface area contributed by atoms with Gasteiger partial charge in [0.25, 0.3) is 0 Å². The van der Waals surface area contributed by atoms with E-state index >= 15 is 0 Å². The van der Waals surface area contributed by atoms with Crippen LogP contribution in [0.2, 0.25) is 0 Å². The third-order valence-electron chi connectivity index (χ3n) is 6.07. The van der Waals surface area contributed by atoms with Gasteiger partial charge in [-0.05, 0) is 74.7 Å². The lowest BCUT2D eigenvalue weighted by Gasteiger charge is -2.30. The highest BCUT2D eigenvalue weighted by atomic mass is 15.2. The molecule has 2 aliphatic heterocycles. The van der Waals surface area contributed by atoms with Crippen LogP contribution in [0.25, 0.3) is 16.7 Å². The molecule has 0 bridgehead atoms. The van der Waals surface area contributed by atoms with Crippen molar-refractivity contribution in [2.24, 2.45) is 5.73 Å². The van der Waals surface area contributed by atoms with Crippen molar-refractivity contribution in [3.8, 4) is 5.82 Å². The third-order valence-corrected chi connectivity index (χ3v) is 6.07. The maximum Gasteiger partial charge on any atom is 0.137 e. The van der Waals surface area contributed by atoms with Crippen LogP contribution in [0, 0.1) is 6.92 Å². The highest BCUT2D eigenvalue weighted by Crippen LogP contribution is 2.44. The molecule has 1 unspecified atom stereocenters. The lowest BCUT2D eigenvalue weighted by atomic mass is 9.95. The molecule has 134 valence electrons. The van der Waals surface area contributed by atoms with Gasteiger partial charge in [0.05, 0.1) is 5.52 Å². The number of nitrogens with zero attached hydrogens (tertiary/aromatic N) is 3. The molecule has 3 aromatic rings. The number of fused-ring (bicyclic) bond motifs is 5. The van der Waals surface area contributed by atoms with Crippen molar-refractivity contribution in [2.45, 2.75) is 38.6 Å². The zero-order valence-corrected chi connectivity index (χ0v) is 15.4. The van der Waals surface area contributed by atoms with Crippen molar-refractivity contribution in [1.82, 2.24) is 14.5 Å². The second kappa shape index (κ2) is 6.22. The summed E-state index contributed by atoms with van der Waals surface area (Å²) in [6.45, 7) is 5.27. The van der Waals surface area contributed by atoms with Crippen molar-refractivity contribution in [3.63, 3.8) is 0 Å². The minimum absolute atomic E-state index is 0.580. The Morgan fingerprint density at radius 1 is 1.19 bits per heavy atom. The Balaban J connectivity index is 1.77. The maximum absolute atomic E-state index is 5.77. The summed E-state index contributed by atoms with van der Waals surface area (Å²) in [7, 11) is 0. The van der Waals surface area contributed by atoms with Gasteiger partial charge in [-0.15, -0.1) is 0 Å². The molecule has 1 atom stereocenters. The molecule has 1 fully saturated rings. The van der Waals surface area contributed by atoms with Gasteiger partial charge in [0.15, 0.2) is 0 Å². The van der Waals surface area contributed by atoms with Crippen molar-refractivity contribution in [1.29, 1.82) is 0 Å². The van der Waals surface area contributed by atoms with E-state index in [1.165, 1.54) is 47.1 Å². The molecule has 5 rings (SSSR count). The lowest BCUT2D eigenvalue weighted by molar-refractivity contribution is 0.243. The highest BCUT2D eigenvalue weighted by molar-refractivity contribution is 5.88. The quantitative estimate of drug-likeness (QED) is 0.789. The van der Waals surface area contributed by atoms with E-state index in [-0.39, 0.29) is 0 Å². The Bertz CT molecular complexity index is 972. The Morgan fingerprint density at radius 2 is 2.12 bits per heavy atom. The van der Waals surface area contributed by atoms with Gasteiger partial charge in [-0.2, -0.15) is 0 Å². The number of aryl methyl sites for hydroxylation is 1. The van der Waals surface area contributed by atoms with Crippen LogP contribution in [0.5, 0.6) is 0 Å². The molecule has 1 aromatic carbocycles. The van der Waals surface area contributed by atoms with Gasteiger partial charge < -0.3 is 5.73 Å². The van der Waals surface area contributed by atoms with Crippen LogP contribution in [0.15, 0.2) is 36.5 Å². The van der Waals surface area contributed by atoms with E-state index in [1.807, 2.05) is 6.20 Å². The summed E-state index contributed by atoms with van der Waals surface area (Å²) in [4.78, 5) is 7.41. The Hall–Kier alpha value is -2.17. The molecule has 4 nitrogen and oxygen atoms in total. The molecule has 0 radical (unpaired) electrons. The van der Waals surface area contributed by atoms with Gasteiger partial charge in [0, 0.05) is 36.3 Å². The number of benzene rings is 1. The Morgan fingerprint density at radius 3 is 3.00 bits per heavy atom. The molecular weight excluding hydrogens is 320 g/mol. The van der Waals surface area contributed by atoms with Crippen molar-refractivity contribution in [2.75, 3.05) is 19.6 Å². The highest BCUT2D eigenvalue weighted by Gasteiger charge is 2.35. The molecule has 4 heterocycles. The van der Waals surface area contributed by atoms with E-state index in [0.29, 0.717) is 12.6 Å². The molecule has 4 heteroatoms. The summed E-state index contributed by atoms with van der Waals surface area (Å²) >= 11 is 0. The van der Waals surface area contributed by atoms with Crippen LogP contribution in [-0.2, 0) is 12.8 Å². The topological polar surface area (TPSA) is 47.1 Å². The smallest absolute Gasteiger partial charge is 0.137 e. The number of nitrogens with two attached hydrogens (primary N) is 1. The number of hydrogen-bond donors (Lipinski definition) is 1. The standard InChI is InChI=1S/C22H26N4/c1-15-4-5-18-17(13-15)22-19-3-2-11-25(19)12-8-20(22)26(18)21-14-16(6-9-23)7-10-24-21/h4-5,7,10,13-14,19H,2-3,6,8-9,11-12,23H2,1H3. The van der Waals surface area contributed by atoms with Gasteiger partial charge in [0.2, 0.25) is 0 Å². The largest absolute Gasteiger partial charge is 0.330 e. The van der Waals surface area contributed by atoms with E-state index in [4.69, 9.17) is 10.7 Å². The summed E-state index contributed by atoms with van der Waals surface area (Å²) in [5, 5.41) is 1.42. The van der Waals surface area contributed by atoms with E-state index in [2.05, 4.69) is 46.7 Å². The fourth-order valence-electron chi connectivity index (χ4n) is 4.94. The fourth-order valence-corrected chi connectivity index (χ4v) is 4.94. The third kappa shape index (κ3) is 2.40. The molecular formula is C22H26N4. The molecule has 26 heavy (non-hydrogen) atoms. The summed E-state index contributed by atoms with van der Waals surface area (Å²) in [5.41, 5.74) is 12.7. The Kier molecular flexibility index (Phi) is 3.84. The van der Waals surface area contributed by atoms with Crippen molar-refractivity contribution in [3.05, 3.63) is 58.9 Å². The first kappa shape index (κ1) is 16.0. The zero-order chi connectivity index (χ0) is 17.7. The number of pyridine rings is 1. The first-order valence-corrected chi connectivity index (χ1v) is 9.79. The monoisotopic (exact) mass is 346 g/mol. The van der Waals surface area contributed by atoms with Crippen LogP contribution in [0.1, 0.15) is 41.3 Å².